The van der Waals surface area contributed by atoms with Crippen molar-refractivity contribution in [2.24, 2.45) is 0 Å². The summed E-state index contributed by atoms with van der Waals surface area (Å²) >= 11 is 0. The Bertz CT molecular complexity index is 352. The molecule has 0 saturated carbocycles. The Kier molecular flexibility index (Phi) is 2.97. The van der Waals surface area contributed by atoms with Crippen LogP contribution in [0.2, 0.25) is 0 Å². The molecule has 15 heavy (non-hydrogen) atoms. The van der Waals surface area contributed by atoms with Gasteiger partial charge >= 0.3 is 0 Å². The minimum absolute atomic E-state index is 0.244. The van der Waals surface area contributed by atoms with Gasteiger partial charge in [0, 0.05) is 24.6 Å². The van der Waals surface area contributed by atoms with Gasteiger partial charge < -0.3 is 19.9 Å². The van der Waals surface area contributed by atoms with Crippen LogP contribution in [0.15, 0.2) is 12.1 Å². The van der Waals surface area contributed by atoms with Crippen LogP contribution in [0.5, 0.6) is 17.2 Å². The molecule has 2 rings (SSSR count). The van der Waals surface area contributed by atoms with Gasteiger partial charge in [-0.2, -0.15) is 0 Å². The average molecular weight is 209 g/mol. The summed E-state index contributed by atoms with van der Waals surface area (Å²) in [5, 5.41) is 12.7. The lowest BCUT2D eigenvalue weighted by atomic mass is 10.1. The van der Waals surface area contributed by atoms with Crippen LogP contribution in [0.3, 0.4) is 0 Å². The second-order valence-corrected chi connectivity index (χ2v) is 3.51. The predicted molar refractivity (Wildman–Crippen MR) is 56.5 cm³/mol. The first-order chi connectivity index (χ1) is 7.31. The number of hydrogen-bond acceptors (Lipinski definition) is 4. The number of benzene rings is 1. The summed E-state index contributed by atoms with van der Waals surface area (Å²) in [5.41, 5.74) is 0.821. The Morgan fingerprint density at radius 2 is 1.93 bits per heavy atom. The summed E-state index contributed by atoms with van der Waals surface area (Å²) in [4.78, 5) is 0. The molecule has 1 aliphatic heterocycles. The fraction of sp³-hybridized carbons (Fsp3) is 0.455. The number of aromatic hydroxyl groups is 1. The van der Waals surface area contributed by atoms with Gasteiger partial charge in [0.15, 0.2) is 11.5 Å². The van der Waals surface area contributed by atoms with Crippen LogP contribution >= 0.6 is 0 Å². The molecule has 0 aromatic heterocycles. The molecular formula is C11H15NO3. The van der Waals surface area contributed by atoms with Crippen LogP contribution in [-0.4, -0.2) is 25.4 Å². The van der Waals surface area contributed by atoms with Crippen molar-refractivity contribution in [3.63, 3.8) is 0 Å². The van der Waals surface area contributed by atoms with Gasteiger partial charge in [-0.3, -0.25) is 0 Å². The van der Waals surface area contributed by atoms with Gasteiger partial charge in [0.2, 0.25) is 0 Å². The highest BCUT2D eigenvalue weighted by Gasteiger charge is 2.13. The topological polar surface area (TPSA) is 50.7 Å². The summed E-state index contributed by atoms with van der Waals surface area (Å²) in [6.45, 7) is 1.91. The Morgan fingerprint density at radius 1 is 1.27 bits per heavy atom. The van der Waals surface area contributed by atoms with Crippen LogP contribution in [0, 0.1) is 0 Å². The number of ether oxygens (including phenoxy) is 2. The largest absolute Gasteiger partial charge is 0.507 e. The molecule has 0 unspecified atom stereocenters. The van der Waals surface area contributed by atoms with E-state index < -0.39 is 0 Å². The van der Waals surface area contributed by atoms with Crippen molar-refractivity contribution in [2.45, 2.75) is 13.0 Å². The van der Waals surface area contributed by atoms with Crippen molar-refractivity contribution in [3.8, 4) is 17.2 Å². The number of rotatable bonds is 2. The normalized spacial score (nSPS) is 14.7. The highest BCUT2D eigenvalue weighted by Crippen LogP contribution is 2.35. The van der Waals surface area contributed by atoms with Gasteiger partial charge in [-0.1, -0.05) is 0 Å². The summed E-state index contributed by atoms with van der Waals surface area (Å²) in [7, 11) is 1.84. The molecule has 0 spiro atoms. The molecule has 1 aromatic rings. The zero-order chi connectivity index (χ0) is 10.7. The second kappa shape index (κ2) is 4.40. The molecule has 0 aliphatic carbocycles. The molecule has 4 heteroatoms. The number of phenols is 1. The molecule has 4 nitrogen and oxygen atoms in total. The molecule has 1 aromatic carbocycles. The average Bonchev–Trinajstić information content (AvgIpc) is 2.44. The van der Waals surface area contributed by atoms with E-state index in [0.29, 0.717) is 25.5 Å². The van der Waals surface area contributed by atoms with E-state index >= 15 is 0 Å². The number of fused-ring (bicyclic) bond motifs is 1. The highest BCUT2D eigenvalue weighted by molar-refractivity contribution is 5.50. The molecule has 0 radical (unpaired) electrons. The monoisotopic (exact) mass is 209 g/mol. The summed E-state index contributed by atoms with van der Waals surface area (Å²) in [6.07, 6.45) is 0.872. The minimum Gasteiger partial charge on any atom is -0.507 e. The van der Waals surface area contributed by atoms with E-state index in [9.17, 15) is 5.11 Å². The summed E-state index contributed by atoms with van der Waals surface area (Å²) in [6, 6.07) is 3.44. The maximum absolute atomic E-state index is 9.71. The van der Waals surface area contributed by atoms with Gasteiger partial charge in [-0.05, 0) is 13.1 Å². The smallest absolute Gasteiger partial charge is 0.164 e. The van der Waals surface area contributed by atoms with Crippen LogP contribution in [0.25, 0.3) is 0 Å². The second-order valence-electron chi connectivity index (χ2n) is 3.51. The first-order valence-corrected chi connectivity index (χ1v) is 5.07. The van der Waals surface area contributed by atoms with Crippen molar-refractivity contribution in [3.05, 3.63) is 17.7 Å². The van der Waals surface area contributed by atoms with E-state index in [1.807, 2.05) is 13.1 Å². The minimum atomic E-state index is 0.244. The van der Waals surface area contributed by atoms with E-state index in [4.69, 9.17) is 9.47 Å². The number of phenolic OH excluding ortho intramolecular Hbond substituents is 1. The van der Waals surface area contributed by atoms with Gasteiger partial charge in [0.25, 0.3) is 0 Å². The van der Waals surface area contributed by atoms with E-state index in [1.54, 1.807) is 6.07 Å². The van der Waals surface area contributed by atoms with Gasteiger partial charge in [0.1, 0.15) is 5.75 Å². The molecular weight excluding hydrogens is 194 g/mol. The fourth-order valence-corrected chi connectivity index (χ4v) is 1.57. The van der Waals surface area contributed by atoms with Crippen molar-refractivity contribution in [1.29, 1.82) is 0 Å². The zero-order valence-corrected chi connectivity index (χ0v) is 8.75. The molecule has 0 amide bonds. The highest BCUT2D eigenvalue weighted by atomic mass is 16.5. The maximum atomic E-state index is 9.71. The van der Waals surface area contributed by atoms with Gasteiger partial charge in [-0.15, -0.1) is 0 Å². The van der Waals surface area contributed by atoms with E-state index in [-0.39, 0.29) is 5.75 Å². The Hall–Kier alpha value is -1.42. The maximum Gasteiger partial charge on any atom is 0.164 e. The molecule has 1 aliphatic rings. The van der Waals surface area contributed by atoms with Crippen molar-refractivity contribution in [1.82, 2.24) is 5.32 Å². The Morgan fingerprint density at radius 3 is 2.60 bits per heavy atom. The first kappa shape index (κ1) is 10.1. The third-order valence-electron chi connectivity index (χ3n) is 2.32. The van der Waals surface area contributed by atoms with Crippen LogP contribution < -0.4 is 14.8 Å². The number of hydrogen-bond donors (Lipinski definition) is 2. The van der Waals surface area contributed by atoms with Crippen molar-refractivity contribution >= 4 is 0 Å². The third-order valence-corrected chi connectivity index (χ3v) is 2.32. The third kappa shape index (κ3) is 2.15. The summed E-state index contributed by atoms with van der Waals surface area (Å²) < 4.78 is 11.0. The molecule has 1 heterocycles. The van der Waals surface area contributed by atoms with Crippen molar-refractivity contribution in [2.75, 3.05) is 20.3 Å². The molecule has 82 valence electrons. The SMILES string of the molecule is CNCc1cc2c(cc1O)OCCCO2. The lowest BCUT2D eigenvalue weighted by Crippen LogP contribution is -2.05. The summed E-state index contributed by atoms with van der Waals surface area (Å²) in [5.74, 6) is 1.59. The molecule has 0 bridgehead atoms. The van der Waals surface area contributed by atoms with Crippen LogP contribution in [0.1, 0.15) is 12.0 Å². The van der Waals surface area contributed by atoms with Crippen LogP contribution in [0.4, 0.5) is 0 Å². The zero-order valence-electron chi connectivity index (χ0n) is 8.75. The first-order valence-electron chi connectivity index (χ1n) is 5.07. The molecule has 0 saturated heterocycles. The Balaban J connectivity index is 2.33. The predicted octanol–water partition coefficient (Wildman–Crippen LogP) is 1.27. The van der Waals surface area contributed by atoms with Gasteiger partial charge in [-0.25, -0.2) is 0 Å². The fourth-order valence-electron chi connectivity index (χ4n) is 1.57. The lowest BCUT2D eigenvalue weighted by molar-refractivity contribution is 0.296. The van der Waals surface area contributed by atoms with E-state index in [0.717, 1.165) is 17.7 Å². The molecule has 2 N–H and O–H groups in total. The van der Waals surface area contributed by atoms with E-state index in [2.05, 4.69) is 5.32 Å². The Labute approximate surface area is 88.8 Å². The molecule has 0 atom stereocenters. The number of nitrogens with one attached hydrogen (secondary N) is 1. The lowest BCUT2D eigenvalue weighted by Gasteiger charge is -2.11. The molecule has 0 fully saturated rings. The van der Waals surface area contributed by atoms with Crippen LogP contribution in [-0.2, 0) is 6.54 Å². The van der Waals surface area contributed by atoms with Gasteiger partial charge in [0.05, 0.1) is 13.2 Å². The standard InChI is InChI=1S/C11H15NO3/c1-12-7-8-5-10-11(6-9(8)13)15-4-2-3-14-10/h5-6,12-13H,2-4,7H2,1H3. The van der Waals surface area contributed by atoms with E-state index in [1.165, 1.54) is 0 Å². The quantitative estimate of drug-likeness (QED) is 0.770. The van der Waals surface area contributed by atoms with Crippen molar-refractivity contribution < 1.29 is 14.6 Å².